The van der Waals surface area contributed by atoms with Gasteiger partial charge in [-0.3, -0.25) is 20.0 Å². The van der Waals surface area contributed by atoms with E-state index in [1.807, 2.05) is 60.5 Å². The molecule has 0 fully saturated rings. The van der Waals surface area contributed by atoms with Crippen LogP contribution in [0.2, 0.25) is 0 Å². The van der Waals surface area contributed by atoms with E-state index in [0.29, 0.717) is 61.3 Å². The van der Waals surface area contributed by atoms with Crippen LogP contribution in [0.25, 0.3) is 0 Å². The highest BCUT2D eigenvalue weighted by atomic mass is 32.1. The number of fused-ring (bicyclic) bond motifs is 4. The number of nitrogens with two attached hydrogens (primary N) is 1. The molecule has 6 rings (SSSR count). The molecule has 52 heavy (non-hydrogen) atoms. The van der Waals surface area contributed by atoms with Crippen molar-refractivity contribution >= 4 is 35.8 Å². The molecule has 0 aromatic heterocycles. The van der Waals surface area contributed by atoms with Gasteiger partial charge in [0.05, 0.1) is 63.7 Å². The van der Waals surface area contributed by atoms with Gasteiger partial charge in [-0.25, -0.2) is 5.84 Å². The molecule has 2 unspecified atom stereocenters. The first-order valence-corrected chi connectivity index (χ1v) is 17.5. The molecular formula is C37H45N5O9S. The highest BCUT2D eigenvalue weighted by molar-refractivity contribution is 7.81. The number of hydrogen-bond donors (Lipinski definition) is 4. The van der Waals surface area contributed by atoms with Crippen molar-refractivity contribution in [2.24, 2.45) is 22.8 Å². The smallest absolute Gasteiger partial charge is 0.246 e. The Balaban J connectivity index is 1.36. The van der Waals surface area contributed by atoms with Gasteiger partial charge in [0, 0.05) is 30.6 Å². The monoisotopic (exact) mass is 735 g/mol. The number of hydrazone groups is 1. The lowest BCUT2D eigenvalue weighted by Gasteiger charge is -2.38. The molecule has 2 heterocycles. The van der Waals surface area contributed by atoms with Gasteiger partial charge >= 0.3 is 0 Å². The number of carbonyl (C=O) groups is 2. The predicted molar refractivity (Wildman–Crippen MR) is 197 cm³/mol. The number of hydrogen-bond acceptors (Lipinski definition) is 13. The molecule has 3 aliphatic rings. The van der Waals surface area contributed by atoms with Gasteiger partial charge in [-0.05, 0) is 79.4 Å². The average molecular weight is 736 g/mol. The van der Waals surface area contributed by atoms with Crippen LogP contribution >= 0.6 is 12.6 Å². The van der Waals surface area contributed by atoms with Gasteiger partial charge < -0.3 is 38.5 Å². The maximum Gasteiger partial charge on any atom is 0.246 e. The highest BCUT2D eigenvalue weighted by Crippen LogP contribution is 2.52. The normalized spacial score (nSPS) is 19.5. The third kappa shape index (κ3) is 7.38. The summed E-state index contributed by atoms with van der Waals surface area (Å²) >= 11 is 4.26. The Kier molecular flexibility index (Phi) is 11.5. The molecule has 278 valence electrons. The molecular weight excluding hydrogens is 691 g/mol. The molecule has 0 saturated carbocycles. The van der Waals surface area contributed by atoms with Crippen molar-refractivity contribution in [2.45, 2.75) is 37.0 Å². The van der Waals surface area contributed by atoms with E-state index in [-0.39, 0.29) is 30.6 Å². The van der Waals surface area contributed by atoms with Crippen molar-refractivity contribution in [1.82, 2.24) is 10.7 Å². The summed E-state index contributed by atoms with van der Waals surface area (Å²) in [6.07, 6.45) is 0.758. The number of anilines is 1. The zero-order valence-electron chi connectivity index (χ0n) is 29.8. The maximum atomic E-state index is 14.7. The van der Waals surface area contributed by atoms with Crippen LogP contribution in [-0.4, -0.2) is 83.8 Å². The fraction of sp³-hybridized carbons (Fsp3) is 0.432. The van der Waals surface area contributed by atoms with E-state index in [9.17, 15) is 9.59 Å². The van der Waals surface area contributed by atoms with Crippen molar-refractivity contribution in [3.05, 3.63) is 65.2 Å². The second-order valence-electron chi connectivity index (χ2n) is 12.7. The summed E-state index contributed by atoms with van der Waals surface area (Å²) in [5.41, 5.74) is 6.29. The molecule has 5 atom stereocenters. The van der Waals surface area contributed by atoms with Crippen LogP contribution in [0.1, 0.15) is 42.4 Å². The number of nitrogens with one attached hydrogen (secondary N) is 2. The van der Waals surface area contributed by atoms with Crippen LogP contribution in [-0.2, 0) is 14.3 Å². The Labute approximate surface area is 308 Å². The van der Waals surface area contributed by atoms with Crippen molar-refractivity contribution in [3.63, 3.8) is 0 Å². The predicted octanol–water partition coefficient (Wildman–Crippen LogP) is 3.64. The van der Waals surface area contributed by atoms with Crippen molar-refractivity contribution in [1.29, 1.82) is 0 Å². The van der Waals surface area contributed by atoms with E-state index in [2.05, 4.69) is 23.4 Å². The number of thiol groups is 1. The molecule has 4 N–H and O–H groups in total. The Hall–Kier alpha value is -4.86. The van der Waals surface area contributed by atoms with E-state index in [0.717, 1.165) is 33.8 Å². The Bertz CT molecular complexity index is 1780. The summed E-state index contributed by atoms with van der Waals surface area (Å²) in [7, 11) is 6.32. The van der Waals surface area contributed by atoms with Crippen LogP contribution in [0, 0.1) is 11.8 Å². The molecule has 0 radical (unpaired) electrons. The van der Waals surface area contributed by atoms with Crippen molar-refractivity contribution < 1.29 is 42.7 Å². The van der Waals surface area contributed by atoms with E-state index in [1.54, 1.807) is 28.4 Å². The molecule has 2 amide bonds. The number of hydrazine groups is 1. The molecule has 2 aliphatic heterocycles. The fourth-order valence-corrected chi connectivity index (χ4v) is 7.22. The molecule has 0 bridgehead atoms. The first-order valence-electron chi connectivity index (χ1n) is 17.0. The fourth-order valence-electron chi connectivity index (χ4n) is 7.04. The van der Waals surface area contributed by atoms with E-state index in [4.69, 9.17) is 44.1 Å². The van der Waals surface area contributed by atoms with Gasteiger partial charge in [-0.15, -0.1) is 0 Å². The van der Waals surface area contributed by atoms with E-state index < -0.39 is 17.1 Å². The number of amides is 2. The summed E-state index contributed by atoms with van der Waals surface area (Å²) in [6, 6.07) is 15.4. The number of methoxy groups -OCH3 is 4. The first kappa shape index (κ1) is 36.9. The molecule has 1 aliphatic carbocycles. The molecule has 15 heteroatoms. The molecule has 0 saturated heterocycles. The first-order chi connectivity index (χ1) is 25.2. The van der Waals surface area contributed by atoms with Crippen LogP contribution in [0.15, 0.2) is 53.6 Å². The van der Waals surface area contributed by atoms with Crippen LogP contribution in [0.5, 0.6) is 34.5 Å². The van der Waals surface area contributed by atoms with Gasteiger partial charge in [0.2, 0.25) is 24.4 Å². The Morgan fingerprint density at radius 2 is 1.67 bits per heavy atom. The third-order valence-electron chi connectivity index (χ3n) is 9.71. The van der Waals surface area contributed by atoms with Gasteiger partial charge in [0.15, 0.2) is 23.0 Å². The standard InChI is InChI=1S/C37H45N5O9S/c1-20(49-13-11-31(52)36(43)40-38)10-12-39-37(44)33-26-18-42(22-6-8-23(45-2)9-7-22)41-34(26)25-17-28-27(50-19-51-28)16-24(25)32(33)21-14-29(46-3)35(48-5)30(15-21)47-4/h6-9,14-17,20,26,31-33,52H,10-13,18-19,38H2,1-5H3,(H,39,44)(H,40,43)/t20?,26-,31?,32+,33-/m0/s1. The lowest BCUT2D eigenvalue weighted by molar-refractivity contribution is -0.126. The molecule has 0 spiro atoms. The third-order valence-corrected chi connectivity index (χ3v) is 10.2. The SMILES string of the molecule is COc1ccc(N2C[C@@H]3C(=N2)c2cc4c(cc2[C@@H](c2cc(OC)c(OC)c(OC)c2)[C@H]3C(=O)NCCC(C)OCCC(S)C(=O)NN)OCO4)cc1. The Morgan fingerprint density at radius 1 is 0.981 bits per heavy atom. The maximum absolute atomic E-state index is 14.7. The minimum Gasteiger partial charge on any atom is -0.497 e. The zero-order valence-corrected chi connectivity index (χ0v) is 30.7. The summed E-state index contributed by atoms with van der Waals surface area (Å²) < 4.78 is 40.2. The molecule has 14 nitrogen and oxygen atoms in total. The second kappa shape index (κ2) is 16.2. The van der Waals surface area contributed by atoms with Crippen molar-refractivity contribution in [3.8, 4) is 34.5 Å². The molecule has 3 aromatic rings. The summed E-state index contributed by atoms with van der Waals surface area (Å²) in [4.78, 5) is 26.4. The number of benzene rings is 3. The number of carbonyl (C=O) groups excluding carboxylic acids is 2. The van der Waals surface area contributed by atoms with Crippen molar-refractivity contribution in [2.75, 3.05) is 59.9 Å². The Morgan fingerprint density at radius 3 is 2.31 bits per heavy atom. The van der Waals surface area contributed by atoms with Gasteiger partial charge in [-0.1, -0.05) is 0 Å². The van der Waals surface area contributed by atoms with Crippen LogP contribution in [0.4, 0.5) is 5.69 Å². The van der Waals surface area contributed by atoms with E-state index >= 15 is 0 Å². The second-order valence-corrected chi connectivity index (χ2v) is 13.3. The topological polar surface area (TPSA) is 164 Å². The summed E-state index contributed by atoms with van der Waals surface area (Å²) in [5, 5.41) is 9.70. The lowest BCUT2D eigenvalue weighted by Crippen LogP contribution is -2.46. The lowest BCUT2D eigenvalue weighted by atomic mass is 9.65. The number of rotatable bonds is 15. The number of nitrogens with zero attached hydrogens (tertiary/aromatic N) is 2. The average Bonchev–Trinajstić information content (AvgIpc) is 3.83. The van der Waals surface area contributed by atoms with Gasteiger partial charge in [-0.2, -0.15) is 17.7 Å². The van der Waals surface area contributed by atoms with Gasteiger partial charge in [0.1, 0.15) is 5.75 Å². The summed E-state index contributed by atoms with van der Waals surface area (Å²) in [5.74, 6) is 6.67. The highest BCUT2D eigenvalue weighted by Gasteiger charge is 2.49. The minimum absolute atomic E-state index is 0.0972. The van der Waals surface area contributed by atoms with Crippen LogP contribution in [0.3, 0.4) is 0 Å². The summed E-state index contributed by atoms with van der Waals surface area (Å²) in [6.45, 7) is 3.16. The van der Waals surface area contributed by atoms with Gasteiger partial charge in [0.25, 0.3) is 0 Å². The largest absolute Gasteiger partial charge is 0.497 e. The number of ether oxygens (including phenoxy) is 7. The van der Waals surface area contributed by atoms with E-state index in [1.165, 1.54) is 0 Å². The van der Waals surface area contributed by atoms with Crippen LogP contribution < -0.4 is 50.0 Å². The minimum atomic E-state index is -0.603. The quantitative estimate of drug-likeness (QED) is 0.0780. The zero-order chi connectivity index (χ0) is 36.9. The molecule has 3 aromatic carbocycles.